The van der Waals surface area contributed by atoms with Gasteiger partial charge in [-0.25, -0.2) is 18.2 Å². The number of methoxy groups -OCH3 is 1. The van der Waals surface area contributed by atoms with Crippen molar-refractivity contribution in [2.45, 2.75) is 4.90 Å². The van der Waals surface area contributed by atoms with Gasteiger partial charge in [-0.05, 0) is 30.3 Å². The average Bonchev–Trinajstić information content (AvgIpc) is 3.29. The van der Waals surface area contributed by atoms with Crippen LogP contribution in [-0.4, -0.2) is 63.2 Å². The Balaban J connectivity index is 1.44. The molecule has 2 heterocycles. The van der Waals surface area contributed by atoms with E-state index in [-0.39, 0.29) is 23.4 Å². The second-order valence-electron chi connectivity index (χ2n) is 7.00. The number of para-hydroxylation sites is 2. The molecule has 1 aliphatic rings. The second-order valence-corrected chi connectivity index (χ2v) is 10.0. The maximum atomic E-state index is 12.8. The molecular weight excluding hydrogens is 440 g/mol. The van der Waals surface area contributed by atoms with E-state index in [1.54, 1.807) is 30.2 Å². The predicted molar refractivity (Wildman–Crippen MR) is 119 cm³/mol. The fourth-order valence-electron chi connectivity index (χ4n) is 3.33. The monoisotopic (exact) mass is 460 g/mol. The number of anilines is 2. The summed E-state index contributed by atoms with van der Waals surface area (Å²) in [6, 6.07) is 11.6. The Kier molecular flexibility index (Phi) is 5.54. The molecule has 3 amide bonds. The van der Waals surface area contributed by atoms with Crippen LogP contribution in [0.25, 0.3) is 10.2 Å². The molecule has 0 atom stereocenters. The van der Waals surface area contributed by atoms with Crippen molar-refractivity contribution in [3.8, 4) is 5.75 Å². The summed E-state index contributed by atoms with van der Waals surface area (Å²) in [6.45, 7) is 0.735. The van der Waals surface area contributed by atoms with E-state index in [4.69, 9.17) is 4.74 Å². The van der Waals surface area contributed by atoms with E-state index in [0.29, 0.717) is 39.9 Å². The first kappa shape index (κ1) is 21.1. The number of carbonyl (C=O) groups excluding carboxylic acids is 2. The van der Waals surface area contributed by atoms with E-state index in [1.165, 1.54) is 28.4 Å². The van der Waals surface area contributed by atoms with Gasteiger partial charge in [0.15, 0.2) is 15.0 Å². The molecule has 1 N–H and O–H groups in total. The van der Waals surface area contributed by atoms with E-state index < -0.39 is 9.84 Å². The summed E-state index contributed by atoms with van der Waals surface area (Å²) in [4.78, 5) is 32.8. The lowest BCUT2D eigenvalue weighted by molar-refractivity contribution is -0.116. The van der Waals surface area contributed by atoms with Crippen molar-refractivity contribution in [2.24, 2.45) is 0 Å². The lowest BCUT2D eigenvalue weighted by Gasteiger charge is -2.20. The molecule has 11 heteroatoms. The topological polar surface area (TPSA) is 109 Å². The molecule has 162 valence electrons. The van der Waals surface area contributed by atoms with Crippen LogP contribution in [0.5, 0.6) is 5.75 Å². The van der Waals surface area contributed by atoms with E-state index in [2.05, 4.69) is 10.3 Å². The van der Waals surface area contributed by atoms with Gasteiger partial charge in [-0.15, -0.1) is 0 Å². The van der Waals surface area contributed by atoms with Crippen molar-refractivity contribution >= 4 is 54.1 Å². The maximum Gasteiger partial charge on any atom is 0.325 e. The third-order valence-electron chi connectivity index (χ3n) is 4.84. The molecule has 31 heavy (non-hydrogen) atoms. The number of urea groups is 1. The van der Waals surface area contributed by atoms with E-state index in [0.717, 1.165) is 6.26 Å². The highest BCUT2D eigenvalue weighted by molar-refractivity contribution is 7.90. The molecular formula is C20H20N4O5S2. The Morgan fingerprint density at radius 3 is 2.74 bits per heavy atom. The van der Waals surface area contributed by atoms with Crippen molar-refractivity contribution in [1.82, 2.24) is 9.88 Å². The molecule has 0 bridgehead atoms. The quantitative estimate of drug-likeness (QED) is 0.606. The fraction of sp³-hybridized carbons (Fsp3) is 0.250. The van der Waals surface area contributed by atoms with E-state index in [9.17, 15) is 18.0 Å². The van der Waals surface area contributed by atoms with Crippen LogP contribution in [0.4, 0.5) is 15.6 Å². The normalized spacial score (nSPS) is 14.3. The SMILES string of the molecule is COc1ccccc1N1CCN(CC(=O)Nc2nc3ccc(S(C)(=O)=O)cc3s2)C1=O. The number of thiazole rings is 1. The highest BCUT2D eigenvalue weighted by Gasteiger charge is 2.32. The number of aromatic nitrogens is 1. The van der Waals surface area contributed by atoms with Crippen LogP contribution in [-0.2, 0) is 14.6 Å². The average molecular weight is 461 g/mol. The number of nitrogens with zero attached hydrogens (tertiary/aromatic N) is 3. The molecule has 0 spiro atoms. The number of ether oxygens (including phenoxy) is 1. The second kappa shape index (κ2) is 8.16. The molecule has 0 unspecified atom stereocenters. The fourth-order valence-corrected chi connectivity index (χ4v) is 4.97. The number of carbonyl (C=O) groups is 2. The standard InChI is InChI=1S/C20H20N4O5S2/c1-29-16-6-4-3-5-15(16)24-10-9-23(20(24)26)12-18(25)22-19-21-14-8-7-13(31(2,27)28)11-17(14)30-19/h3-8,11H,9-10,12H2,1-2H3,(H,21,22,25). The first-order valence-electron chi connectivity index (χ1n) is 9.36. The van der Waals surface area contributed by atoms with Gasteiger partial charge in [0.2, 0.25) is 5.91 Å². The van der Waals surface area contributed by atoms with Gasteiger partial charge in [0.1, 0.15) is 12.3 Å². The number of fused-ring (bicyclic) bond motifs is 1. The van der Waals surface area contributed by atoms with Crippen LogP contribution < -0.4 is 15.0 Å². The van der Waals surface area contributed by atoms with Crippen LogP contribution in [0.2, 0.25) is 0 Å². The molecule has 3 aromatic rings. The number of rotatable bonds is 6. The van der Waals surface area contributed by atoms with Gasteiger partial charge >= 0.3 is 6.03 Å². The minimum atomic E-state index is -3.33. The Morgan fingerprint density at radius 1 is 1.23 bits per heavy atom. The van der Waals surface area contributed by atoms with Crippen LogP contribution in [0.1, 0.15) is 0 Å². The Hall–Kier alpha value is -3.18. The summed E-state index contributed by atoms with van der Waals surface area (Å²) in [6.07, 6.45) is 1.14. The predicted octanol–water partition coefficient (Wildman–Crippen LogP) is 2.59. The zero-order valence-electron chi connectivity index (χ0n) is 16.9. The number of amides is 3. The number of nitrogens with one attached hydrogen (secondary N) is 1. The number of sulfone groups is 1. The molecule has 1 aromatic heterocycles. The number of hydrogen-bond acceptors (Lipinski definition) is 7. The van der Waals surface area contributed by atoms with Crippen molar-refractivity contribution < 1.29 is 22.7 Å². The summed E-state index contributed by atoms with van der Waals surface area (Å²) < 4.78 is 29.4. The third-order valence-corrected chi connectivity index (χ3v) is 6.88. The highest BCUT2D eigenvalue weighted by Crippen LogP contribution is 2.31. The Labute approximate surface area is 183 Å². The first-order chi connectivity index (χ1) is 14.8. The molecule has 0 saturated carbocycles. The molecule has 1 fully saturated rings. The summed E-state index contributed by atoms with van der Waals surface area (Å²) in [5.41, 5.74) is 1.25. The molecule has 1 saturated heterocycles. The van der Waals surface area contributed by atoms with E-state index >= 15 is 0 Å². The summed E-state index contributed by atoms with van der Waals surface area (Å²) in [5.74, 6) is 0.211. The van der Waals surface area contributed by atoms with Gasteiger partial charge in [0.25, 0.3) is 0 Å². The van der Waals surface area contributed by atoms with Gasteiger partial charge in [0.05, 0.1) is 27.9 Å². The lowest BCUT2D eigenvalue weighted by Crippen LogP contribution is -2.37. The van der Waals surface area contributed by atoms with E-state index in [1.807, 2.05) is 12.1 Å². The van der Waals surface area contributed by atoms with Crippen molar-refractivity contribution in [3.63, 3.8) is 0 Å². The van der Waals surface area contributed by atoms with Gasteiger partial charge in [-0.1, -0.05) is 23.5 Å². The van der Waals surface area contributed by atoms with Crippen molar-refractivity contribution in [2.75, 3.05) is 43.2 Å². The highest BCUT2D eigenvalue weighted by atomic mass is 32.2. The minimum Gasteiger partial charge on any atom is -0.495 e. The number of hydrogen-bond donors (Lipinski definition) is 1. The molecule has 2 aromatic carbocycles. The maximum absolute atomic E-state index is 12.8. The zero-order valence-corrected chi connectivity index (χ0v) is 18.5. The first-order valence-corrected chi connectivity index (χ1v) is 12.1. The lowest BCUT2D eigenvalue weighted by atomic mass is 10.2. The van der Waals surface area contributed by atoms with Gasteiger partial charge < -0.3 is 15.0 Å². The number of benzene rings is 2. The molecule has 0 aliphatic carbocycles. The largest absolute Gasteiger partial charge is 0.495 e. The minimum absolute atomic E-state index is 0.116. The summed E-state index contributed by atoms with van der Waals surface area (Å²) in [7, 11) is -1.79. The smallest absolute Gasteiger partial charge is 0.325 e. The van der Waals surface area contributed by atoms with Gasteiger partial charge in [0, 0.05) is 19.3 Å². The van der Waals surface area contributed by atoms with Crippen LogP contribution in [0.15, 0.2) is 47.4 Å². The Morgan fingerprint density at radius 2 is 2.00 bits per heavy atom. The summed E-state index contributed by atoms with van der Waals surface area (Å²) in [5, 5.41) is 3.04. The summed E-state index contributed by atoms with van der Waals surface area (Å²) >= 11 is 1.18. The molecule has 0 radical (unpaired) electrons. The zero-order chi connectivity index (χ0) is 22.2. The Bertz CT molecular complexity index is 1270. The van der Waals surface area contributed by atoms with Gasteiger partial charge in [-0.3, -0.25) is 9.69 Å². The van der Waals surface area contributed by atoms with Crippen molar-refractivity contribution in [3.05, 3.63) is 42.5 Å². The third kappa shape index (κ3) is 4.32. The van der Waals surface area contributed by atoms with Crippen molar-refractivity contribution in [1.29, 1.82) is 0 Å². The molecule has 1 aliphatic heterocycles. The molecule has 4 rings (SSSR count). The van der Waals surface area contributed by atoms with Crippen LogP contribution in [0, 0.1) is 0 Å². The van der Waals surface area contributed by atoms with Crippen LogP contribution in [0.3, 0.4) is 0 Å². The van der Waals surface area contributed by atoms with Crippen LogP contribution >= 0.6 is 11.3 Å². The van der Waals surface area contributed by atoms with Gasteiger partial charge in [-0.2, -0.15) is 0 Å². The molecule has 9 nitrogen and oxygen atoms in total.